The third-order valence-electron chi connectivity index (χ3n) is 2.27. The summed E-state index contributed by atoms with van der Waals surface area (Å²) in [6.07, 6.45) is 1.09. The van der Waals surface area contributed by atoms with Crippen LogP contribution in [0, 0.1) is 0 Å². The number of carbonyl (C=O) groups excluding carboxylic acids is 1. The number of aliphatic hydroxyl groups excluding tert-OH is 1. The molecule has 0 spiro atoms. The minimum atomic E-state index is -0.0151. The molecule has 1 unspecified atom stereocenters. The van der Waals surface area contributed by atoms with Gasteiger partial charge in [0.25, 0.3) is 0 Å². The third-order valence-corrected chi connectivity index (χ3v) is 2.27. The molecule has 1 amide bonds. The Morgan fingerprint density at radius 2 is 2.50 bits per heavy atom. The molecule has 1 fully saturated rings. The van der Waals surface area contributed by atoms with Gasteiger partial charge in [0, 0.05) is 31.7 Å². The number of rotatable bonds is 3. The molecule has 1 saturated heterocycles. The van der Waals surface area contributed by atoms with Crippen LogP contribution in [0.3, 0.4) is 0 Å². The van der Waals surface area contributed by atoms with Crippen LogP contribution in [-0.4, -0.2) is 41.1 Å². The van der Waals surface area contributed by atoms with Crippen LogP contribution in [0.15, 0.2) is 0 Å². The molecule has 70 valence electrons. The molecule has 0 saturated carbocycles. The van der Waals surface area contributed by atoms with Crippen LogP contribution in [-0.2, 0) is 4.79 Å². The zero-order chi connectivity index (χ0) is 9.14. The van der Waals surface area contributed by atoms with Gasteiger partial charge in [-0.15, -0.1) is 0 Å². The van der Waals surface area contributed by atoms with Gasteiger partial charge in [-0.05, 0) is 13.3 Å². The first kappa shape index (κ1) is 9.48. The fourth-order valence-electron chi connectivity index (χ4n) is 1.53. The lowest BCUT2D eigenvalue weighted by atomic mass is 10.2. The summed E-state index contributed by atoms with van der Waals surface area (Å²) in [5, 5.41) is 8.68. The summed E-state index contributed by atoms with van der Waals surface area (Å²) < 4.78 is 0. The van der Waals surface area contributed by atoms with Crippen molar-refractivity contribution in [2.24, 2.45) is 5.73 Å². The molecular weight excluding hydrogens is 156 g/mol. The van der Waals surface area contributed by atoms with Crippen molar-refractivity contribution >= 4 is 5.91 Å². The molecule has 4 heteroatoms. The number of nitrogens with two attached hydrogens (primary N) is 1. The Bertz CT molecular complexity index is 172. The highest BCUT2D eigenvalue weighted by Gasteiger charge is 2.29. The van der Waals surface area contributed by atoms with Gasteiger partial charge in [0.1, 0.15) is 0 Å². The number of nitrogens with zero attached hydrogens (tertiary/aromatic N) is 1. The molecule has 1 rings (SSSR count). The fraction of sp³-hybridized carbons (Fsp3) is 0.875. The van der Waals surface area contributed by atoms with Crippen LogP contribution in [0.1, 0.15) is 19.8 Å². The molecule has 1 aliphatic heterocycles. The van der Waals surface area contributed by atoms with Gasteiger partial charge < -0.3 is 15.7 Å². The largest absolute Gasteiger partial charge is 0.396 e. The Kier molecular flexibility index (Phi) is 3.05. The molecular formula is C8H16N2O2. The monoisotopic (exact) mass is 172 g/mol. The Balaban J connectivity index is 2.46. The molecule has 2 atom stereocenters. The van der Waals surface area contributed by atoms with E-state index in [0.29, 0.717) is 19.4 Å². The molecule has 12 heavy (non-hydrogen) atoms. The standard InChI is InChI=1S/C8H16N2O2/c1-6(2-3-11)10-5-7(9)4-8(10)12/h6-7,11H,2-5,9H2,1H3/t6-,7?/m1/s1. The minimum absolute atomic E-state index is 0.0151. The summed E-state index contributed by atoms with van der Waals surface area (Å²) in [6.45, 7) is 2.70. The quantitative estimate of drug-likeness (QED) is 0.592. The Hall–Kier alpha value is -0.610. The Morgan fingerprint density at radius 1 is 1.83 bits per heavy atom. The third kappa shape index (κ3) is 1.95. The number of carbonyl (C=O) groups is 1. The molecule has 0 aromatic carbocycles. The SMILES string of the molecule is C[C@H](CCO)N1CC(N)CC1=O. The maximum Gasteiger partial charge on any atom is 0.224 e. The first-order chi connectivity index (χ1) is 5.65. The highest BCUT2D eigenvalue weighted by atomic mass is 16.3. The first-order valence-corrected chi connectivity index (χ1v) is 4.31. The van der Waals surface area contributed by atoms with E-state index in [9.17, 15) is 4.79 Å². The van der Waals surface area contributed by atoms with Gasteiger partial charge in [0.15, 0.2) is 0 Å². The van der Waals surface area contributed by atoms with Crippen LogP contribution in [0.4, 0.5) is 0 Å². The number of hydrogen-bond acceptors (Lipinski definition) is 3. The lowest BCUT2D eigenvalue weighted by molar-refractivity contribution is -0.129. The number of likely N-dealkylation sites (tertiary alicyclic amines) is 1. The summed E-state index contributed by atoms with van der Waals surface area (Å²) >= 11 is 0. The van der Waals surface area contributed by atoms with Crippen LogP contribution < -0.4 is 5.73 Å². The van der Waals surface area contributed by atoms with E-state index >= 15 is 0 Å². The van der Waals surface area contributed by atoms with Gasteiger partial charge in [-0.25, -0.2) is 0 Å². The predicted octanol–water partition coefficient (Wildman–Crippen LogP) is -0.683. The van der Waals surface area contributed by atoms with E-state index < -0.39 is 0 Å². The lowest BCUT2D eigenvalue weighted by Gasteiger charge is -2.23. The highest BCUT2D eigenvalue weighted by molar-refractivity contribution is 5.79. The van der Waals surface area contributed by atoms with E-state index in [1.165, 1.54) is 0 Å². The minimum Gasteiger partial charge on any atom is -0.396 e. The molecule has 3 N–H and O–H groups in total. The Labute approximate surface area is 72.3 Å². The highest BCUT2D eigenvalue weighted by Crippen LogP contribution is 2.14. The zero-order valence-corrected chi connectivity index (χ0v) is 7.36. The van der Waals surface area contributed by atoms with Crippen molar-refractivity contribution in [2.75, 3.05) is 13.2 Å². The van der Waals surface area contributed by atoms with Gasteiger partial charge in [-0.1, -0.05) is 0 Å². The van der Waals surface area contributed by atoms with Crippen molar-refractivity contribution in [2.45, 2.75) is 31.8 Å². The van der Waals surface area contributed by atoms with Crippen molar-refractivity contribution in [3.8, 4) is 0 Å². The van der Waals surface area contributed by atoms with Crippen molar-refractivity contribution in [3.63, 3.8) is 0 Å². The number of hydrogen-bond donors (Lipinski definition) is 2. The van der Waals surface area contributed by atoms with E-state index in [1.807, 2.05) is 6.92 Å². The van der Waals surface area contributed by atoms with E-state index in [4.69, 9.17) is 10.8 Å². The summed E-state index contributed by atoms with van der Waals surface area (Å²) in [5.41, 5.74) is 5.62. The molecule has 0 bridgehead atoms. The van der Waals surface area contributed by atoms with Gasteiger partial charge in [-0.3, -0.25) is 4.79 Å². The van der Waals surface area contributed by atoms with Crippen LogP contribution in [0.2, 0.25) is 0 Å². The molecule has 1 aliphatic rings. The molecule has 0 aliphatic carbocycles. The van der Waals surface area contributed by atoms with Crippen molar-refractivity contribution in [3.05, 3.63) is 0 Å². The van der Waals surface area contributed by atoms with Gasteiger partial charge in [0.05, 0.1) is 0 Å². The second kappa shape index (κ2) is 3.87. The van der Waals surface area contributed by atoms with E-state index in [-0.39, 0.29) is 24.6 Å². The number of aliphatic hydroxyl groups is 1. The van der Waals surface area contributed by atoms with Gasteiger partial charge in [-0.2, -0.15) is 0 Å². The molecule has 1 heterocycles. The zero-order valence-electron chi connectivity index (χ0n) is 7.36. The smallest absolute Gasteiger partial charge is 0.224 e. The number of amides is 1. The first-order valence-electron chi connectivity index (χ1n) is 4.31. The second-order valence-corrected chi connectivity index (χ2v) is 3.37. The molecule has 0 aromatic heterocycles. The predicted molar refractivity (Wildman–Crippen MR) is 45.5 cm³/mol. The topological polar surface area (TPSA) is 66.6 Å². The maximum atomic E-state index is 11.3. The average molecular weight is 172 g/mol. The van der Waals surface area contributed by atoms with Crippen molar-refractivity contribution < 1.29 is 9.90 Å². The van der Waals surface area contributed by atoms with Gasteiger partial charge >= 0.3 is 0 Å². The van der Waals surface area contributed by atoms with Crippen molar-refractivity contribution in [1.29, 1.82) is 0 Å². The van der Waals surface area contributed by atoms with E-state index in [2.05, 4.69) is 0 Å². The summed E-state index contributed by atoms with van der Waals surface area (Å²) in [4.78, 5) is 13.0. The maximum absolute atomic E-state index is 11.3. The van der Waals surface area contributed by atoms with Gasteiger partial charge in [0.2, 0.25) is 5.91 Å². The summed E-state index contributed by atoms with van der Waals surface area (Å²) in [5.74, 6) is 0.114. The lowest BCUT2D eigenvalue weighted by Crippen LogP contribution is -2.36. The Morgan fingerprint density at radius 3 is 2.92 bits per heavy atom. The summed E-state index contributed by atoms with van der Waals surface area (Å²) in [6, 6.07) is 0.106. The molecule has 4 nitrogen and oxygen atoms in total. The molecule has 0 aromatic rings. The molecule has 0 radical (unpaired) electrons. The van der Waals surface area contributed by atoms with Crippen LogP contribution >= 0.6 is 0 Å². The van der Waals surface area contributed by atoms with Crippen LogP contribution in [0.5, 0.6) is 0 Å². The van der Waals surface area contributed by atoms with E-state index in [0.717, 1.165) is 0 Å². The second-order valence-electron chi connectivity index (χ2n) is 3.37. The normalized spacial score (nSPS) is 26.4. The van der Waals surface area contributed by atoms with E-state index in [1.54, 1.807) is 4.90 Å². The van der Waals surface area contributed by atoms with Crippen molar-refractivity contribution in [1.82, 2.24) is 4.90 Å². The average Bonchev–Trinajstić information content (AvgIpc) is 2.30. The summed E-state index contributed by atoms with van der Waals surface area (Å²) in [7, 11) is 0. The van der Waals surface area contributed by atoms with Crippen LogP contribution in [0.25, 0.3) is 0 Å². The fourth-order valence-corrected chi connectivity index (χ4v) is 1.53.